The van der Waals surface area contributed by atoms with E-state index in [0.29, 0.717) is 5.92 Å². The highest BCUT2D eigenvalue weighted by Gasteiger charge is 2.05. The Kier molecular flexibility index (Phi) is 5.26. The average molecular weight is 222 g/mol. The highest BCUT2D eigenvalue weighted by molar-refractivity contribution is 5.29. The molecule has 0 aliphatic rings. The third kappa shape index (κ3) is 4.19. The summed E-state index contributed by atoms with van der Waals surface area (Å²) in [4.78, 5) is 4.47. The molecule has 16 heavy (non-hydrogen) atoms. The summed E-state index contributed by atoms with van der Waals surface area (Å²) in [5, 5.41) is 3.11. The van der Waals surface area contributed by atoms with E-state index in [0.717, 1.165) is 36.7 Å². The molecule has 3 nitrogen and oxygen atoms in total. The van der Waals surface area contributed by atoms with Gasteiger partial charge in [-0.05, 0) is 38.4 Å². The molecule has 1 rings (SSSR count). The van der Waals surface area contributed by atoms with Crippen LogP contribution in [0.15, 0.2) is 12.1 Å². The molecule has 1 heterocycles. The van der Waals surface area contributed by atoms with Crippen molar-refractivity contribution < 1.29 is 4.74 Å². The molecule has 0 amide bonds. The number of aryl methyl sites for hydroxylation is 1. The van der Waals surface area contributed by atoms with E-state index in [1.165, 1.54) is 0 Å². The van der Waals surface area contributed by atoms with Crippen LogP contribution in [0.25, 0.3) is 0 Å². The second-order valence-corrected chi connectivity index (χ2v) is 4.46. The van der Waals surface area contributed by atoms with Crippen molar-refractivity contribution in [3.05, 3.63) is 23.5 Å². The van der Waals surface area contributed by atoms with Crippen LogP contribution in [0.3, 0.4) is 0 Å². The van der Waals surface area contributed by atoms with Gasteiger partial charge in [-0.1, -0.05) is 13.8 Å². The molecule has 0 radical (unpaired) electrons. The maximum Gasteiger partial charge on any atom is 0.142 e. The Morgan fingerprint density at radius 3 is 2.75 bits per heavy atom. The minimum absolute atomic E-state index is 0.672. The fourth-order valence-corrected chi connectivity index (χ4v) is 1.43. The number of nitrogens with one attached hydrogen (secondary N) is 1. The van der Waals surface area contributed by atoms with Gasteiger partial charge in [-0.15, -0.1) is 0 Å². The molecule has 1 aromatic rings. The minimum Gasteiger partial charge on any atom is -0.492 e. The largest absolute Gasteiger partial charge is 0.492 e. The van der Waals surface area contributed by atoms with Crippen LogP contribution < -0.4 is 10.1 Å². The van der Waals surface area contributed by atoms with E-state index in [4.69, 9.17) is 4.74 Å². The van der Waals surface area contributed by atoms with E-state index in [2.05, 4.69) is 24.1 Å². The molecule has 0 aliphatic heterocycles. The summed E-state index contributed by atoms with van der Waals surface area (Å²) in [5.41, 5.74) is 2.02. The second-order valence-electron chi connectivity index (χ2n) is 4.46. The second kappa shape index (κ2) is 6.48. The molecule has 0 unspecified atom stereocenters. The first-order valence-electron chi connectivity index (χ1n) is 5.87. The summed E-state index contributed by atoms with van der Waals surface area (Å²) in [5.74, 6) is 1.58. The van der Waals surface area contributed by atoms with Gasteiger partial charge in [0.1, 0.15) is 5.75 Å². The van der Waals surface area contributed by atoms with E-state index in [9.17, 15) is 0 Å². The quantitative estimate of drug-likeness (QED) is 0.803. The normalized spacial score (nSPS) is 10.8. The van der Waals surface area contributed by atoms with Crippen molar-refractivity contribution in [1.82, 2.24) is 10.3 Å². The SMILES string of the molecule is CNCc1nc(C)ccc1OCCC(C)C. The van der Waals surface area contributed by atoms with E-state index in [1.807, 2.05) is 26.1 Å². The molecule has 0 bridgehead atoms. The van der Waals surface area contributed by atoms with Crippen molar-refractivity contribution in [2.24, 2.45) is 5.92 Å². The van der Waals surface area contributed by atoms with Gasteiger partial charge in [-0.25, -0.2) is 0 Å². The number of hydrogen-bond acceptors (Lipinski definition) is 3. The van der Waals surface area contributed by atoms with Gasteiger partial charge in [0.05, 0.1) is 12.3 Å². The zero-order valence-corrected chi connectivity index (χ0v) is 10.7. The van der Waals surface area contributed by atoms with Crippen LogP contribution in [0, 0.1) is 12.8 Å². The fourth-order valence-electron chi connectivity index (χ4n) is 1.43. The molecular formula is C13H22N2O. The van der Waals surface area contributed by atoms with Crippen LogP contribution in [-0.2, 0) is 6.54 Å². The molecule has 0 aromatic carbocycles. The van der Waals surface area contributed by atoms with E-state index >= 15 is 0 Å². The Bertz CT molecular complexity index is 324. The zero-order valence-electron chi connectivity index (χ0n) is 10.7. The standard InChI is InChI=1S/C13H22N2O/c1-10(2)7-8-16-13-6-5-11(3)15-12(13)9-14-4/h5-6,10,14H,7-9H2,1-4H3. The maximum atomic E-state index is 5.75. The first kappa shape index (κ1) is 13.0. The molecule has 0 fully saturated rings. The van der Waals surface area contributed by atoms with Gasteiger partial charge in [-0.3, -0.25) is 4.98 Å². The first-order valence-corrected chi connectivity index (χ1v) is 5.87. The number of aromatic nitrogens is 1. The average Bonchev–Trinajstić information content (AvgIpc) is 2.21. The Morgan fingerprint density at radius 2 is 2.12 bits per heavy atom. The summed E-state index contributed by atoms with van der Waals surface area (Å²) in [6.45, 7) is 7.91. The number of nitrogens with zero attached hydrogens (tertiary/aromatic N) is 1. The number of hydrogen-bond donors (Lipinski definition) is 1. The molecule has 0 saturated carbocycles. The number of rotatable bonds is 6. The van der Waals surface area contributed by atoms with Crippen molar-refractivity contribution in [3.8, 4) is 5.75 Å². The van der Waals surface area contributed by atoms with Gasteiger partial charge < -0.3 is 10.1 Å². The van der Waals surface area contributed by atoms with Crippen LogP contribution in [0.1, 0.15) is 31.7 Å². The third-order valence-electron chi connectivity index (χ3n) is 2.37. The summed E-state index contributed by atoms with van der Waals surface area (Å²) >= 11 is 0. The maximum absolute atomic E-state index is 5.75. The lowest BCUT2D eigenvalue weighted by molar-refractivity contribution is 0.285. The van der Waals surface area contributed by atoms with Gasteiger partial charge in [0.25, 0.3) is 0 Å². The van der Waals surface area contributed by atoms with Gasteiger partial charge >= 0.3 is 0 Å². The highest BCUT2D eigenvalue weighted by Crippen LogP contribution is 2.17. The predicted molar refractivity (Wildman–Crippen MR) is 66.7 cm³/mol. The van der Waals surface area contributed by atoms with Gasteiger partial charge in [-0.2, -0.15) is 0 Å². The van der Waals surface area contributed by atoms with Crippen molar-refractivity contribution in [2.75, 3.05) is 13.7 Å². The summed E-state index contributed by atoms with van der Waals surface area (Å²) in [7, 11) is 1.92. The van der Waals surface area contributed by atoms with Crippen molar-refractivity contribution >= 4 is 0 Å². The number of pyridine rings is 1. The topological polar surface area (TPSA) is 34.2 Å². The van der Waals surface area contributed by atoms with E-state index < -0.39 is 0 Å². The molecule has 1 N–H and O–H groups in total. The van der Waals surface area contributed by atoms with Crippen LogP contribution in [0.2, 0.25) is 0 Å². The highest BCUT2D eigenvalue weighted by atomic mass is 16.5. The summed E-state index contributed by atoms with van der Waals surface area (Å²) in [6, 6.07) is 4.00. The third-order valence-corrected chi connectivity index (χ3v) is 2.37. The van der Waals surface area contributed by atoms with E-state index in [-0.39, 0.29) is 0 Å². The Hall–Kier alpha value is -1.09. The van der Waals surface area contributed by atoms with Crippen molar-refractivity contribution in [3.63, 3.8) is 0 Å². The molecule has 0 atom stereocenters. The molecule has 1 aromatic heterocycles. The lowest BCUT2D eigenvalue weighted by Crippen LogP contribution is -2.11. The first-order chi connectivity index (χ1) is 7.63. The smallest absolute Gasteiger partial charge is 0.142 e. The lowest BCUT2D eigenvalue weighted by atomic mass is 10.1. The van der Waals surface area contributed by atoms with Gasteiger partial charge in [0.2, 0.25) is 0 Å². The van der Waals surface area contributed by atoms with E-state index in [1.54, 1.807) is 0 Å². The Morgan fingerprint density at radius 1 is 1.38 bits per heavy atom. The van der Waals surface area contributed by atoms with Crippen LogP contribution >= 0.6 is 0 Å². The Labute approximate surface area is 98.2 Å². The number of ether oxygens (including phenoxy) is 1. The van der Waals surface area contributed by atoms with Crippen LogP contribution in [0.5, 0.6) is 5.75 Å². The lowest BCUT2D eigenvalue weighted by Gasteiger charge is -2.12. The molecule has 0 aliphatic carbocycles. The molecular weight excluding hydrogens is 200 g/mol. The Balaban J connectivity index is 2.63. The van der Waals surface area contributed by atoms with Crippen LogP contribution in [0.4, 0.5) is 0 Å². The molecule has 0 saturated heterocycles. The molecule has 3 heteroatoms. The minimum atomic E-state index is 0.672. The molecule has 90 valence electrons. The van der Waals surface area contributed by atoms with Gasteiger partial charge in [0.15, 0.2) is 0 Å². The van der Waals surface area contributed by atoms with Gasteiger partial charge in [0, 0.05) is 12.2 Å². The van der Waals surface area contributed by atoms with Crippen molar-refractivity contribution in [1.29, 1.82) is 0 Å². The fraction of sp³-hybridized carbons (Fsp3) is 0.615. The summed E-state index contributed by atoms with van der Waals surface area (Å²) < 4.78 is 5.75. The summed E-state index contributed by atoms with van der Waals surface area (Å²) in [6.07, 6.45) is 1.08. The predicted octanol–water partition coefficient (Wildman–Crippen LogP) is 2.53. The molecule has 0 spiro atoms. The monoisotopic (exact) mass is 222 g/mol. The van der Waals surface area contributed by atoms with Crippen molar-refractivity contribution in [2.45, 2.75) is 33.7 Å². The zero-order chi connectivity index (χ0) is 12.0. The van der Waals surface area contributed by atoms with Crippen LogP contribution in [-0.4, -0.2) is 18.6 Å².